The molecule has 0 fully saturated rings. The van der Waals surface area contributed by atoms with E-state index >= 15 is 0 Å². The lowest BCUT2D eigenvalue weighted by Gasteiger charge is -2.24. The maximum atomic E-state index is 5.95. The molecule has 114 valence electrons. The summed E-state index contributed by atoms with van der Waals surface area (Å²) >= 11 is 5.95. The van der Waals surface area contributed by atoms with Gasteiger partial charge in [-0.15, -0.1) is 0 Å². The van der Waals surface area contributed by atoms with Gasteiger partial charge >= 0.3 is 0 Å². The third-order valence-electron chi connectivity index (χ3n) is 3.83. The zero-order valence-corrected chi connectivity index (χ0v) is 13.7. The summed E-state index contributed by atoms with van der Waals surface area (Å²) in [5.41, 5.74) is 1.36. The SMILES string of the molecule is CCCNCC(Cc1ccc(Cl)cc1)C(C)CCOC. The van der Waals surface area contributed by atoms with Crippen molar-refractivity contribution in [3.8, 4) is 0 Å². The van der Waals surface area contributed by atoms with Crippen LogP contribution in [0, 0.1) is 11.8 Å². The monoisotopic (exact) mass is 297 g/mol. The Morgan fingerprint density at radius 1 is 1.25 bits per heavy atom. The van der Waals surface area contributed by atoms with Crippen molar-refractivity contribution < 1.29 is 4.74 Å². The van der Waals surface area contributed by atoms with Crippen LogP contribution in [0.5, 0.6) is 0 Å². The van der Waals surface area contributed by atoms with E-state index in [9.17, 15) is 0 Å². The van der Waals surface area contributed by atoms with Crippen molar-refractivity contribution in [1.82, 2.24) is 5.32 Å². The minimum atomic E-state index is 0.637. The molecule has 20 heavy (non-hydrogen) atoms. The van der Waals surface area contributed by atoms with Crippen molar-refractivity contribution in [2.75, 3.05) is 26.8 Å². The summed E-state index contributed by atoms with van der Waals surface area (Å²) < 4.78 is 5.22. The van der Waals surface area contributed by atoms with Crippen LogP contribution in [-0.2, 0) is 11.2 Å². The average Bonchev–Trinajstić information content (AvgIpc) is 2.46. The smallest absolute Gasteiger partial charge is 0.0464 e. The predicted molar refractivity (Wildman–Crippen MR) is 87.5 cm³/mol. The lowest BCUT2D eigenvalue weighted by atomic mass is 9.86. The minimum absolute atomic E-state index is 0.637. The molecule has 3 heteroatoms. The van der Waals surface area contributed by atoms with Gasteiger partial charge in [-0.25, -0.2) is 0 Å². The molecule has 0 spiro atoms. The van der Waals surface area contributed by atoms with Crippen molar-refractivity contribution in [1.29, 1.82) is 0 Å². The Bertz CT molecular complexity index is 353. The average molecular weight is 298 g/mol. The summed E-state index contributed by atoms with van der Waals surface area (Å²) in [7, 11) is 1.77. The number of hydrogen-bond donors (Lipinski definition) is 1. The van der Waals surface area contributed by atoms with Gasteiger partial charge in [0.05, 0.1) is 0 Å². The molecule has 1 aromatic carbocycles. The van der Waals surface area contributed by atoms with Crippen LogP contribution in [0.15, 0.2) is 24.3 Å². The lowest BCUT2D eigenvalue weighted by molar-refractivity contribution is 0.164. The molecule has 0 aliphatic heterocycles. The highest BCUT2D eigenvalue weighted by atomic mass is 35.5. The van der Waals surface area contributed by atoms with Crippen LogP contribution in [-0.4, -0.2) is 26.8 Å². The van der Waals surface area contributed by atoms with Crippen LogP contribution >= 0.6 is 11.6 Å². The first kappa shape index (κ1) is 17.5. The molecule has 0 amide bonds. The van der Waals surface area contributed by atoms with Crippen LogP contribution in [0.4, 0.5) is 0 Å². The van der Waals surface area contributed by atoms with E-state index in [1.807, 2.05) is 12.1 Å². The maximum absolute atomic E-state index is 5.95. The molecular weight excluding hydrogens is 270 g/mol. The molecule has 1 N–H and O–H groups in total. The number of nitrogens with one attached hydrogen (secondary N) is 1. The fraction of sp³-hybridized carbons (Fsp3) is 0.647. The van der Waals surface area contributed by atoms with E-state index in [2.05, 4.69) is 31.3 Å². The third kappa shape index (κ3) is 6.74. The van der Waals surface area contributed by atoms with Gasteiger partial charge in [-0.05, 0) is 61.9 Å². The summed E-state index contributed by atoms with van der Waals surface area (Å²) in [4.78, 5) is 0. The molecule has 0 saturated heterocycles. The second kappa shape index (κ2) is 10.2. The van der Waals surface area contributed by atoms with Crippen molar-refractivity contribution in [3.05, 3.63) is 34.9 Å². The van der Waals surface area contributed by atoms with Gasteiger partial charge < -0.3 is 10.1 Å². The van der Waals surface area contributed by atoms with E-state index in [1.54, 1.807) is 7.11 Å². The zero-order valence-electron chi connectivity index (χ0n) is 13.0. The van der Waals surface area contributed by atoms with Gasteiger partial charge in [0.25, 0.3) is 0 Å². The second-order valence-corrected chi connectivity index (χ2v) is 5.99. The van der Waals surface area contributed by atoms with Gasteiger partial charge in [0.15, 0.2) is 0 Å². The highest BCUT2D eigenvalue weighted by Crippen LogP contribution is 2.21. The van der Waals surface area contributed by atoms with E-state index in [4.69, 9.17) is 16.3 Å². The van der Waals surface area contributed by atoms with Gasteiger partial charge in [-0.1, -0.05) is 37.6 Å². The molecule has 0 aromatic heterocycles. The lowest BCUT2D eigenvalue weighted by Crippen LogP contribution is -2.30. The fourth-order valence-corrected chi connectivity index (χ4v) is 2.53. The minimum Gasteiger partial charge on any atom is -0.385 e. The molecule has 0 aliphatic rings. The molecule has 2 atom stereocenters. The van der Waals surface area contributed by atoms with Crippen molar-refractivity contribution in [2.24, 2.45) is 11.8 Å². The van der Waals surface area contributed by atoms with Crippen molar-refractivity contribution in [2.45, 2.75) is 33.1 Å². The summed E-state index contributed by atoms with van der Waals surface area (Å²) in [6, 6.07) is 8.23. The highest BCUT2D eigenvalue weighted by molar-refractivity contribution is 6.30. The fourth-order valence-electron chi connectivity index (χ4n) is 2.40. The Labute approximate surface area is 128 Å². The Kier molecular flexibility index (Phi) is 8.92. The number of ether oxygens (including phenoxy) is 1. The summed E-state index contributed by atoms with van der Waals surface area (Å²) in [6.45, 7) is 7.53. The van der Waals surface area contributed by atoms with Gasteiger partial charge in [0, 0.05) is 18.7 Å². The van der Waals surface area contributed by atoms with Crippen LogP contribution in [0.2, 0.25) is 5.02 Å². The van der Waals surface area contributed by atoms with Crippen LogP contribution in [0.1, 0.15) is 32.3 Å². The number of benzene rings is 1. The quantitative estimate of drug-likeness (QED) is 0.654. The molecule has 0 saturated carbocycles. The molecule has 0 heterocycles. The van der Waals surface area contributed by atoms with Crippen LogP contribution in [0.25, 0.3) is 0 Å². The Balaban J connectivity index is 2.58. The summed E-state index contributed by atoms with van der Waals surface area (Å²) in [6.07, 6.45) is 3.39. The maximum Gasteiger partial charge on any atom is 0.0464 e. The Morgan fingerprint density at radius 3 is 2.55 bits per heavy atom. The first-order chi connectivity index (χ1) is 9.67. The van der Waals surface area contributed by atoms with E-state index in [1.165, 1.54) is 12.0 Å². The normalized spacial score (nSPS) is 14.2. The predicted octanol–water partition coefficient (Wildman–Crippen LogP) is 4.17. The molecule has 1 aromatic rings. The van der Waals surface area contributed by atoms with Crippen LogP contribution < -0.4 is 5.32 Å². The number of halogens is 1. The van der Waals surface area contributed by atoms with Gasteiger partial charge in [0.2, 0.25) is 0 Å². The number of methoxy groups -OCH3 is 1. The summed E-state index contributed by atoms with van der Waals surface area (Å²) in [5, 5.41) is 4.36. The Hall–Kier alpha value is -0.570. The number of rotatable bonds is 10. The molecule has 1 rings (SSSR count). The van der Waals surface area contributed by atoms with E-state index in [0.29, 0.717) is 11.8 Å². The first-order valence-electron chi connectivity index (χ1n) is 7.61. The van der Waals surface area contributed by atoms with Gasteiger partial charge in [0.1, 0.15) is 0 Å². The molecule has 2 nitrogen and oxygen atoms in total. The standard InChI is InChI=1S/C17H28ClNO/c1-4-10-19-13-16(14(2)9-11-20-3)12-15-5-7-17(18)8-6-15/h5-8,14,16,19H,4,9-13H2,1-3H3. The molecular formula is C17H28ClNO. The van der Waals surface area contributed by atoms with Gasteiger partial charge in [-0.2, -0.15) is 0 Å². The topological polar surface area (TPSA) is 21.3 Å². The van der Waals surface area contributed by atoms with E-state index in [0.717, 1.165) is 37.6 Å². The first-order valence-corrected chi connectivity index (χ1v) is 7.99. The largest absolute Gasteiger partial charge is 0.385 e. The van der Waals surface area contributed by atoms with E-state index in [-0.39, 0.29) is 0 Å². The molecule has 0 aliphatic carbocycles. The molecule has 0 bridgehead atoms. The summed E-state index contributed by atoms with van der Waals surface area (Å²) in [5.74, 6) is 1.29. The van der Waals surface area contributed by atoms with Crippen molar-refractivity contribution >= 4 is 11.6 Å². The Morgan fingerprint density at radius 2 is 1.95 bits per heavy atom. The van der Waals surface area contributed by atoms with Crippen molar-refractivity contribution in [3.63, 3.8) is 0 Å². The zero-order chi connectivity index (χ0) is 14.8. The molecule has 0 radical (unpaired) electrons. The van der Waals surface area contributed by atoms with Crippen LogP contribution in [0.3, 0.4) is 0 Å². The third-order valence-corrected chi connectivity index (χ3v) is 4.08. The van der Waals surface area contributed by atoms with Gasteiger partial charge in [-0.3, -0.25) is 0 Å². The molecule has 2 unspecified atom stereocenters. The number of hydrogen-bond acceptors (Lipinski definition) is 2. The second-order valence-electron chi connectivity index (χ2n) is 5.55. The van der Waals surface area contributed by atoms with E-state index < -0.39 is 0 Å². The highest BCUT2D eigenvalue weighted by Gasteiger charge is 2.17.